The predicted octanol–water partition coefficient (Wildman–Crippen LogP) is 4.18. The van der Waals surface area contributed by atoms with Crippen LogP contribution in [-0.2, 0) is 14.0 Å². The molecule has 1 aliphatic heterocycles. The van der Waals surface area contributed by atoms with Gasteiger partial charge in [-0.1, -0.05) is 26.8 Å². The predicted molar refractivity (Wildman–Crippen MR) is 99.3 cm³/mol. The van der Waals surface area contributed by atoms with Gasteiger partial charge in [-0.05, 0) is 35.8 Å². The zero-order valence-corrected chi connectivity index (χ0v) is 17.3. The van der Waals surface area contributed by atoms with Crippen molar-refractivity contribution in [2.24, 2.45) is 5.92 Å². The number of hydrogen-bond donors (Lipinski definition) is 0. The lowest BCUT2D eigenvalue weighted by molar-refractivity contribution is -0.149. The SMILES string of the molecule is COC(=O)[C@H](CC#N)[C@@H](O[Si](C)(C)C(C)(C)C)c1ccc2c(c1)OCO2. The second-order valence-electron chi connectivity index (χ2n) is 7.90. The molecule has 0 N–H and O–H groups in total. The van der Waals surface area contributed by atoms with Gasteiger partial charge in [-0.2, -0.15) is 5.26 Å². The highest BCUT2D eigenvalue weighted by molar-refractivity contribution is 6.74. The second kappa shape index (κ2) is 7.68. The van der Waals surface area contributed by atoms with Crippen molar-refractivity contribution in [1.82, 2.24) is 0 Å². The molecule has 1 aromatic carbocycles. The number of hydrogen-bond acceptors (Lipinski definition) is 6. The molecule has 142 valence electrons. The summed E-state index contributed by atoms with van der Waals surface area (Å²) >= 11 is 0. The molecule has 0 aliphatic carbocycles. The van der Waals surface area contributed by atoms with E-state index in [1.807, 2.05) is 12.1 Å². The zero-order chi connectivity index (χ0) is 19.5. The molecule has 0 saturated heterocycles. The van der Waals surface area contributed by atoms with Crippen LogP contribution in [0, 0.1) is 17.2 Å². The lowest BCUT2D eigenvalue weighted by Crippen LogP contribution is -2.44. The fraction of sp³-hybridized carbons (Fsp3) is 0.579. The number of rotatable bonds is 6. The molecular weight excluding hydrogens is 350 g/mol. The number of nitrogens with zero attached hydrogens (tertiary/aromatic N) is 1. The minimum atomic E-state index is -2.22. The van der Waals surface area contributed by atoms with Crippen LogP contribution in [0.2, 0.25) is 18.1 Å². The molecule has 6 nitrogen and oxygen atoms in total. The van der Waals surface area contributed by atoms with Gasteiger partial charge in [-0.3, -0.25) is 4.79 Å². The molecule has 1 aliphatic rings. The molecule has 0 unspecified atom stereocenters. The van der Waals surface area contributed by atoms with E-state index in [2.05, 4.69) is 39.9 Å². The summed E-state index contributed by atoms with van der Waals surface area (Å²) in [7, 11) is -0.887. The Balaban J connectivity index is 2.47. The van der Waals surface area contributed by atoms with Crippen LogP contribution in [0.4, 0.5) is 0 Å². The van der Waals surface area contributed by atoms with Crippen LogP contribution in [0.15, 0.2) is 18.2 Å². The standard InChI is InChI=1S/C19H27NO5Si/c1-19(2,3)26(5,6)25-17(14(9-10-20)18(21)22-4)13-7-8-15-16(11-13)24-12-23-15/h7-8,11,14,17H,9,12H2,1-6H3/t14-,17+/m1/s1. The summed E-state index contributed by atoms with van der Waals surface area (Å²) in [5.41, 5.74) is 0.782. The van der Waals surface area contributed by atoms with E-state index in [-0.39, 0.29) is 18.3 Å². The van der Waals surface area contributed by atoms with Crippen LogP contribution in [0.3, 0.4) is 0 Å². The summed E-state index contributed by atoms with van der Waals surface area (Å²) in [6.07, 6.45) is -0.571. The van der Waals surface area contributed by atoms with Crippen molar-refractivity contribution in [1.29, 1.82) is 5.26 Å². The van der Waals surface area contributed by atoms with Crippen molar-refractivity contribution in [3.05, 3.63) is 23.8 Å². The van der Waals surface area contributed by atoms with E-state index < -0.39 is 26.3 Å². The largest absolute Gasteiger partial charge is 0.469 e. The number of nitriles is 1. The Bertz CT molecular complexity index is 705. The Morgan fingerprint density at radius 3 is 2.54 bits per heavy atom. The van der Waals surface area contributed by atoms with Gasteiger partial charge in [0, 0.05) is 0 Å². The van der Waals surface area contributed by atoms with Crippen LogP contribution in [0.25, 0.3) is 0 Å². The fourth-order valence-electron chi connectivity index (χ4n) is 2.53. The average Bonchev–Trinajstić information content (AvgIpc) is 3.03. The van der Waals surface area contributed by atoms with Gasteiger partial charge in [0.1, 0.15) is 0 Å². The Kier molecular flexibility index (Phi) is 5.99. The topological polar surface area (TPSA) is 77.8 Å². The number of ether oxygens (including phenoxy) is 3. The quantitative estimate of drug-likeness (QED) is 0.547. The second-order valence-corrected chi connectivity index (χ2v) is 12.7. The highest BCUT2D eigenvalue weighted by atomic mass is 28.4. The molecule has 26 heavy (non-hydrogen) atoms. The van der Waals surface area contributed by atoms with Crippen LogP contribution >= 0.6 is 0 Å². The smallest absolute Gasteiger partial charge is 0.312 e. The molecule has 1 heterocycles. The van der Waals surface area contributed by atoms with E-state index in [1.54, 1.807) is 6.07 Å². The van der Waals surface area contributed by atoms with Gasteiger partial charge in [-0.15, -0.1) is 0 Å². The van der Waals surface area contributed by atoms with Crippen molar-refractivity contribution in [2.45, 2.75) is 51.4 Å². The van der Waals surface area contributed by atoms with Crippen molar-refractivity contribution in [3.8, 4) is 17.6 Å². The molecule has 0 aromatic heterocycles. The molecular formula is C19H27NO5Si. The highest BCUT2D eigenvalue weighted by Gasteiger charge is 2.43. The maximum atomic E-state index is 12.4. The van der Waals surface area contributed by atoms with E-state index in [9.17, 15) is 10.1 Å². The van der Waals surface area contributed by atoms with E-state index in [1.165, 1.54) is 7.11 Å². The number of carbonyl (C=O) groups is 1. The number of methoxy groups -OCH3 is 1. The lowest BCUT2D eigenvalue weighted by Gasteiger charge is -2.40. The summed E-state index contributed by atoms with van der Waals surface area (Å²) in [6.45, 7) is 10.8. The highest BCUT2D eigenvalue weighted by Crippen LogP contribution is 2.44. The third-order valence-electron chi connectivity index (χ3n) is 5.13. The van der Waals surface area contributed by atoms with E-state index in [0.717, 1.165) is 5.56 Å². The fourth-order valence-corrected chi connectivity index (χ4v) is 3.82. The van der Waals surface area contributed by atoms with Gasteiger partial charge >= 0.3 is 5.97 Å². The Morgan fingerprint density at radius 2 is 1.96 bits per heavy atom. The maximum Gasteiger partial charge on any atom is 0.312 e. The minimum absolute atomic E-state index is 0.0143. The van der Waals surface area contributed by atoms with E-state index in [0.29, 0.717) is 11.5 Å². The number of benzene rings is 1. The first-order valence-corrected chi connectivity index (χ1v) is 11.5. The molecule has 0 saturated carbocycles. The van der Waals surface area contributed by atoms with Crippen LogP contribution in [0.5, 0.6) is 11.5 Å². The maximum absolute atomic E-state index is 12.4. The van der Waals surface area contributed by atoms with Gasteiger partial charge in [0.15, 0.2) is 19.8 Å². The van der Waals surface area contributed by atoms with E-state index >= 15 is 0 Å². The molecule has 0 radical (unpaired) electrons. The van der Waals surface area contributed by atoms with Crippen molar-refractivity contribution < 1.29 is 23.4 Å². The average molecular weight is 378 g/mol. The molecule has 2 rings (SSSR count). The number of carbonyl (C=O) groups excluding carboxylic acids is 1. The van der Waals surface area contributed by atoms with Gasteiger partial charge in [0.25, 0.3) is 0 Å². The number of esters is 1. The van der Waals surface area contributed by atoms with E-state index in [4.69, 9.17) is 18.6 Å². The molecule has 0 fully saturated rings. The van der Waals surface area contributed by atoms with Crippen molar-refractivity contribution in [3.63, 3.8) is 0 Å². The third-order valence-corrected chi connectivity index (χ3v) is 9.59. The molecule has 0 bridgehead atoms. The van der Waals surface area contributed by atoms with Gasteiger partial charge in [-0.25, -0.2) is 0 Å². The third kappa shape index (κ3) is 4.19. The Labute approximate surface area is 156 Å². The first-order valence-electron chi connectivity index (χ1n) is 8.63. The molecule has 2 atom stereocenters. The lowest BCUT2D eigenvalue weighted by atomic mass is 9.93. The van der Waals surface area contributed by atoms with Gasteiger partial charge in [0.2, 0.25) is 6.79 Å². The Morgan fingerprint density at radius 1 is 1.31 bits per heavy atom. The van der Waals surface area contributed by atoms with Crippen molar-refractivity contribution in [2.75, 3.05) is 13.9 Å². The van der Waals surface area contributed by atoms with Gasteiger partial charge in [0.05, 0.1) is 31.6 Å². The number of fused-ring (bicyclic) bond motifs is 1. The van der Waals surface area contributed by atoms with Crippen LogP contribution in [0.1, 0.15) is 38.9 Å². The molecule has 1 aromatic rings. The molecule has 0 spiro atoms. The first kappa shape index (κ1) is 20.3. The monoisotopic (exact) mass is 377 g/mol. The zero-order valence-electron chi connectivity index (χ0n) is 16.3. The van der Waals surface area contributed by atoms with Crippen molar-refractivity contribution >= 4 is 14.3 Å². The summed E-state index contributed by atoms with van der Waals surface area (Å²) in [5, 5.41) is 9.20. The van der Waals surface area contributed by atoms with Crippen LogP contribution < -0.4 is 9.47 Å². The summed E-state index contributed by atoms with van der Waals surface area (Å²) in [4.78, 5) is 12.4. The summed E-state index contributed by atoms with van der Waals surface area (Å²) < 4.78 is 22.4. The van der Waals surface area contributed by atoms with Crippen LogP contribution in [-0.4, -0.2) is 28.2 Å². The Hall–Kier alpha value is -2.04. The summed E-state index contributed by atoms with van der Waals surface area (Å²) in [5.74, 6) is 0.119. The first-order chi connectivity index (χ1) is 12.1. The normalized spacial score (nSPS) is 15.9. The summed E-state index contributed by atoms with van der Waals surface area (Å²) in [6, 6.07) is 7.58. The molecule has 0 amide bonds. The molecule has 7 heteroatoms. The van der Waals surface area contributed by atoms with Gasteiger partial charge < -0.3 is 18.6 Å². The minimum Gasteiger partial charge on any atom is -0.469 e.